The van der Waals surface area contributed by atoms with Crippen molar-refractivity contribution in [3.63, 3.8) is 0 Å². The maximum Gasteiger partial charge on any atom is 0.202 e. The van der Waals surface area contributed by atoms with E-state index < -0.39 is 0 Å². The fraction of sp³-hybridized carbons (Fsp3) is 0.300. The van der Waals surface area contributed by atoms with Crippen LogP contribution in [0.1, 0.15) is 5.56 Å². The van der Waals surface area contributed by atoms with Crippen LogP contribution < -0.4 is 4.68 Å². The van der Waals surface area contributed by atoms with Gasteiger partial charge in [-0.3, -0.25) is 0 Å². The summed E-state index contributed by atoms with van der Waals surface area (Å²) in [7, 11) is 0. The number of hydrogen-bond donors (Lipinski definition) is 0. The van der Waals surface area contributed by atoms with Crippen molar-refractivity contribution in [2.75, 3.05) is 12.0 Å². The molecule has 0 fully saturated rings. The van der Waals surface area contributed by atoms with Gasteiger partial charge < -0.3 is 0 Å². The van der Waals surface area contributed by atoms with Crippen molar-refractivity contribution in [2.45, 2.75) is 6.92 Å². The van der Waals surface area contributed by atoms with Crippen molar-refractivity contribution < 1.29 is 4.68 Å². The molecule has 0 spiro atoms. The molecule has 0 atom stereocenters. The molecule has 0 N–H and O–H groups in total. The Bertz CT molecular complexity index is 379. The SMILES string of the molecule is CS/C(=N\[n+]1ccc(C)cc1)SCC#N. The number of rotatable bonds is 2. The lowest BCUT2D eigenvalue weighted by Crippen LogP contribution is -2.27. The summed E-state index contributed by atoms with van der Waals surface area (Å²) in [5, 5.41) is 12.8. The minimum Gasteiger partial charge on any atom is -0.197 e. The lowest BCUT2D eigenvalue weighted by Gasteiger charge is -1.94. The first kappa shape index (κ1) is 12.1. The van der Waals surface area contributed by atoms with Gasteiger partial charge in [0.15, 0.2) is 4.38 Å². The fourth-order valence-electron chi connectivity index (χ4n) is 0.877. The molecule has 0 saturated heterocycles. The summed E-state index contributed by atoms with van der Waals surface area (Å²) in [5.41, 5.74) is 1.21. The van der Waals surface area contributed by atoms with E-state index in [1.54, 1.807) is 16.4 Å². The molecular weight excluding hydrogens is 226 g/mol. The molecule has 1 aromatic rings. The van der Waals surface area contributed by atoms with Gasteiger partial charge in [0.1, 0.15) is 0 Å². The third kappa shape index (κ3) is 4.36. The molecule has 0 unspecified atom stereocenters. The first-order valence-corrected chi connectivity index (χ1v) is 6.58. The topological polar surface area (TPSA) is 40.0 Å². The second kappa shape index (κ2) is 6.49. The number of pyridine rings is 1. The maximum atomic E-state index is 8.47. The average Bonchev–Trinajstić information content (AvgIpc) is 2.27. The molecular formula is C10H12N3S2+. The summed E-state index contributed by atoms with van der Waals surface area (Å²) in [4.78, 5) is 0. The molecule has 1 aromatic heterocycles. The predicted molar refractivity (Wildman–Crippen MR) is 65.8 cm³/mol. The third-order valence-electron chi connectivity index (χ3n) is 1.61. The largest absolute Gasteiger partial charge is 0.202 e. The highest BCUT2D eigenvalue weighted by Crippen LogP contribution is 2.12. The number of nitrogens with zero attached hydrogens (tertiary/aromatic N) is 3. The highest BCUT2D eigenvalue weighted by Gasteiger charge is 2.03. The van der Waals surface area contributed by atoms with E-state index in [2.05, 4.69) is 11.2 Å². The second-order valence-corrected chi connectivity index (χ2v) is 4.79. The van der Waals surface area contributed by atoms with Gasteiger partial charge in [0.05, 0.1) is 11.8 Å². The highest BCUT2D eigenvalue weighted by molar-refractivity contribution is 8.38. The van der Waals surface area contributed by atoms with Crippen LogP contribution in [0.4, 0.5) is 0 Å². The van der Waals surface area contributed by atoms with Gasteiger partial charge in [0.2, 0.25) is 12.4 Å². The number of aromatic nitrogens is 1. The number of aryl methyl sites for hydroxylation is 1. The van der Waals surface area contributed by atoms with Crippen LogP contribution in [0.2, 0.25) is 0 Å². The molecule has 5 heteroatoms. The van der Waals surface area contributed by atoms with E-state index in [0.717, 1.165) is 4.38 Å². The average molecular weight is 238 g/mol. The zero-order valence-electron chi connectivity index (χ0n) is 8.67. The van der Waals surface area contributed by atoms with Gasteiger partial charge in [-0.1, -0.05) is 28.2 Å². The van der Waals surface area contributed by atoms with E-state index in [4.69, 9.17) is 5.26 Å². The first-order chi connectivity index (χ1) is 7.26. The highest BCUT2D eigenvalue weighted by atomic mass is 32.2. The molecule has 15 heavy (non-hydrogen) atoms. The van der Waals surface area contributed by atoms with Crippen LogP contribution in [0.3, 0.4) is 0 Å². The van der Waals surface area contributed by atoms with Gasteiger partial charge in [-0.05, 0) is 18.7 Å². The van der Waals surface area contributed by atoms with Crippen LogP contribution in [-0.4, -0.2) is 16.4 Å². The Hall–Kier alpha value is -0.990. The Balaban J connectivity index is 2.75. The number of thioether (sulfide) groups is 2. The molecule has 0 aliphatic rings. The number of nitriles is 1. The summed E-state index contributed by atoms with van der Waals surface area (Å²) in [6.45, 7) is 2.04. The molecule has 3 nitrogen and oxygen atoms in total. The molecule has 0 bridgehead atoms. The normalized spacial score (nSPS) is 11.1. The van der Waals surface area contributed by atoms with Crippen LogP contribution >= 0.6 is 23.5 Å². The van der Waals surface area contributed by atoms with Gasteiger partial charge in [-0.25, -0.2) is 0 Å². The molecule has 0 aromatic carbocycles. The minimum absolute atomic E-state index is 0.437. The Labute approximate surface area is 98.2 Å². The maximum absolute atomic E-state index is 8.47. The van der Waals surface area contributed by atoms with Gasteiger partial charge >= 0.3 is 0 Å². The van der Waals surface area contributed by atoms with Crippen molar-refractivity contribution in [1.29, 1.82) is 5.26 Å². The molecule has 1 heterocycles. The molecule has 0 amide bonds. The van der Waals surface area contributed by atoms with E-state index in [1.165, 1.54) is 17.3 Å². The Morgan fingerprint density at radius 2 is 2.20 bits per heavy atom. The Kier molecular flexibility index (Phi) is 5.22. The summed E-state index contributed by atoms with van der Waals surface area (Å²) in [5.74, 6) is 0.437. The van der Waals surface area contributed by atoms with Crippen LogP contribution in [0.5, 0.6) is 0 Å². The molecule has 0 aliphatic heterocycles. The van der Waals surface area contributed by atoms with Crippen molar-refractivity contribution in [1.82, 2.24) is 0 Å². The Morgan fingerprint density at radius 3 is 2.73 bits per heavy atom. The van der Waals surface area contributed by atoms with Gasteiger partial charge in [-0.2, -0.15) is 5.26 Å². The molecule has 0 aliphatic carbocycles. The summed E-state index contributed by atoms with van der Waals surface area (Å²) in [6, 6.07) is 6.08. The van der Waals surface area contributed by atoms with Gasteiger partial charge in [0, 0.05) is 17.2 Å². The lowest BCUT2D eigenvalue weighted by atomic mass is 10.3. The Morgan fingerprint density at radius 1 is 1.53 bits per heavy atom. The monoisotopic (exact) mass is 238 g/mol. The van der Waals surface area contributed by atoms with E-state index in [9.17, 15) is 0 Å². The fourth-order valence-corrected chi connectivity index (χ4v) is 2.04. The van der Waals surface area contributed by atoms with E-state index in [0.29, 0.717) is 5.75 Å². The molecule has 78 valence electrons. The van der Waals surface area contributed by atoms with Crippen molar-refractivity contribution in [2.24, 2.45) is 5.10 Å². The van der Waals surface area contributed by atoms with Crippen LogP contribution in [0, 0.1) is 18.3 Å². The van der Waals surface area contributed by atoms with Crippen molar-refractivity contribution >= 4 is 27.9 Å². The van der Waals surface area contributed by atoms with Crippen LogP contribution in [-0.2, 0) is 0 Å². The molecule has 0 saturated carbocycles. The van der Waals surface area contributed by atoms with E-state index >= 15 is 0 Å². The number of hydrogen-bond acceptors (Lipinski definition) is 4. The van der Waals surface area contributed by atoms with Gasteiger partial charge in [0.25, 0.3) is 0 Å². The zero-order valence-corrected chi connectivity index (χ0v) is 10.3. The third-order valence-corrected chi connectivity index (χ3v) is 3.50. The zero-order chi connectivity index (χ0) is 11.1. The molecule has 0 radical (unpaired) electrons. The lowest BCUT2D eigenvalue weighted by molar-refractivity contribution is -0.678. The smallest absolute Gasteiger partial charge is 0.197 e. The summed E-state index contributed by atoms with van der Waals surface area (Å²) in [6.07, 6.45) is 5.76. The summed E-state index contributed by atoms with van der Waals surface area (Å²) < 4.78 is 2.65. The standard InChI is InChI=1S/C10H12N3S2/c1-9-3-6-13(7-4-9)12-10(14-2)15-8-5-11/h3-4,6-7H,8H2,1-2H3/q+1/b12-10+. The van der Waals surface area contributed by atoms with Crippen molar-refractivity contribution in [3.05, 3.63) is 30.1 Å². The van der Waals surface area contributed by atoms with Crippen LogP contribution in [0.15, 0.2) is 29.6 Å². The second-order valence-electron chi connectivity index (χ2n) is 2.77. The van der Waals surface area contributed by atoms with Crippen molar-refractivity contribution in [3.8, 4) is 6.07 Å². The van der Waals surface area contributed by atoms with E-state index in [-0.39, 0.29) is 0 Å². The van der Waals surface area contributed by atoms with Crippen LogP contribution in [0.25, 0.3) is 0 Å². The summed E-state index contributed by atoms with van der Waals surface area (Å²) >= 11 is 3.00. The van der Waals surface area contributed by atoms with Gasteiger partial charge in [-0.15, -0.1) is 0 Å². The molecule has 1 rings (SSSR count). The first-order valence-electron chi connectivity index (χ1n) is 4.37. The quantitative estimate of drug-likeness (QED) is 0.449. The minimum atomic E-state index is 0.437. The predicted octanol–water partition coefficient (Wildman–Crippen LogP) is 2.02. The van der Waals surface area contributed by atoms with E-state index in [1.807, 2.05) is 37.7 Å².